The number of aromatic amines is 1. The largest absolute Gasteiger partial charge is 0.618 e. The Morgan fingerprint density at radius 3 is 2.56 bits per heavy atom. The van der Waals surface area contributed by atoms with Gasteiger partial charge in [0.15, 0.2) is 6.20 Å². The van der Waals surface area contributed by atoms with Crippen molar-refractivity contribution in [3.63, 3.8) is 0 Å². The van der Waals surface area contributed by atoms with Gasteiger partial charge < -0.3 is 21.0 Å². The Morgan fingerprint density at radius 1 is 1.12 bits per heavy atom. The van der Waals surface area contributed by atoms with Crippen LogP contribution in [0.2, 0.25) is 5.02 Å². The molecule has 1 aliphatic carbocycles. The number of halogens is 4. The van der Waals surface area contributed by atoms with Gasteiger partial charge in [-0.3, -0.25) is 0 Å². The molecule has 174 valence electrons. The molecule has 0 bridgehead atoms. The van der Waals surface area contributed by atoms with Crippen molar-refractivity contribution >= 4 is 17.3 Å². The molecule has 2 heterocycles. The highest BCUT2D eigenvalue weighted by molar-refractivity contribution is 6.31. The van der Waals surface area contributed by atoms with E-state index in [4.69, 9.17) is 17.3 Å². The maximum Gasteiger partial charge on any atom is 0.416 e. The highest BCUT2D eigenvalue weighted by atomic mass is 35.5. The van der Waals surface area contributed by atoms with Crippen LogP contribution >= 0.6 is 11.6 Å². The van der Waals surface area contributed by atoms with E-state index in [9.17, 15) is 23.5 Å². The molecule has 2 aromatic heterocycles. The SMILES string of the molecule is Nc1ccc(Cl)cc1-c1cc2c([n+]([O-])c1)C(O)(c1ncc(-c3ccc(C(F)(F)F)cc3)[nH]1)CC2. The number of aromatic nitrogens is 3. The summed E-state index contributed by atoms with van der Waals surface area (Å²) in [7, 11) is 0. The smallest absolute Gasteiger partial charge is 0.416 e. The third-order valence-corrected chi connectivity index (χ3v) is 6.31. The van der Waals surface area contributed by atoms with E-state index in [1.807, 2.05) is 0 Å². The summed E-state index contributed by atoms with van der Waals surface area (Å²) in [6.45, 7) is 0. The van der Waals surface area contributed by atoms with Crippen molar-refractivity contribution in [2.75, 3.05) is 5.73 Å². The number of rotatable bonds is 3. The minimum atomic E-state index is -4.43. The highest BCUT2D eigenvalue weighted by Crippen LogP contribution is 2.41. The van der Waals surface area contributed by atoms with Crippen LogP contribution in [-0.4, -0.2) is 15.1 Å². The van der Waals surface area contributed by atoms with E-state index in [2.05, 4.69) is 9.97 Å². The number of pyridine rings is 1. The Balaban J connectivity index is 1.51. The lowest BCUT2D eigenvalue weighted by atomic mass is 9.98. The molecule has 34 heavy (non-hydrogen) atoms. The number of aryl methyl sites for hydroxylation is 1. The molecule has 4 N–H and O–H groups in total. The molecule has 0 amide bonds. The highest BCUT2D eigenvalue weighted by Gasteiger charge is 2.48. The number of hydrogen-bond acceptors (Lipinski definition) is 4. The van der Waals surface area contributed by atoms with Crippen molar-refractivity contribution < 1.29 is 23.0 Å². The summed E-state index contributed by atoms with van der Waals surface area (Å²) in [5.74, 6) is 0.140. The van der Waals surface area contributed by atoms with Gasteiger partial charge in [0.25, 0.3) is 0 Å². The van der Waals surface area contributed by atoms with E-state index in [0.29, 0.717) is 49.8 Å². The van der Waals surface area contributed by atoms with Gasteiger partial charge in [-0.2, -0.15) is 17.9 Å². The van der Waals surface area contributed by atoms with E-state index in [1.165, 1.54) is 24.5 Å². The number of alkyl halides is 3. The second-order valence-electron chi connectivity index (χ2n) is 8.24. The Labute approximate surface area is 197 Å². The fourth-order valence-electron chi connectivity index (χ4n) is 4.37. The monoisotopic (exact) mass is 486 g/mol. The predicted molar refractivity (Wildman–Crippen MR) is 121 cm³/mol. The van der Waals surface area contributed by atoms with Gasteiger partial charge in [0.05, 0.1) is 17.5 Å². The number of fused-ring (bicyclic) bond motifs is 1. The molecule has 0 spiro atoms. The molecule has 2 aromatic carbocycles. The lowest BCUT2D eigenvalue weighted by Crippen LogP contribution is -2.42. The summed E-state index contributed by atoms with van der Waals surface area (Å²) < 4.78 is 39.1. The first-order valence-corrected chi connectivity index (χ1v) is 10.7. The number of nitrogens with zero attached hydrogens (tertiary/aromatic N) is 2. The van der Waals surface area contributed by atoms with E-state index in [-0.39, 0.29) is 17.9 Å². The lowest BCUT2D eigenvalue weighted by molar-refractivity contribution is -0.620. The fourth-order valence-corrected chi connectivity index (χ4v) is 4.54. The molecule has 0 saturated carbocycles. The number of hydrogen-bond donors (Lipinski definition) is 3. The predicted octanol–water partition coefficient (Wildman–Crippen LogP) is 4.81. The third kappa shape index (κ3) is 3.66. The van der Waals surface area contributed by atoms with Crippen LogP contribution in [0.1, 0.15) is 29.1 Å². The van der Waals surface area contributed by atoms with Gasteiger partial charge in [-0.1, -0.05) is 23.7 Å². The maximum atomic E-state index is 13.0. The standard InChI is InChI=1S/C24H18ClF3N4O2/c25-17-5-6-19(29)18(10-17)15-9-14-7-8-23(33,21(14)32(34)12-15)22-30-11-20(31-22)13-1-3-16(4-2-13)24(26,27)28/h1-6,9-12,33H,7-8,29H2,(H,30,31). The van der Waals surface area contributed by atoms with Crippen molar-refractivity contribution in [3.05, 3.63) is 93.8 Å². The molecule has 1 aliphatic rings. The fraction of sp³-hybridized carbons (Fsp3) is 0.167. The van der Waals surface area contributed by atoms with Gasteiger partial charge in [-0.25, -0.2) is 4.98 Å². The molecule has 0 radical (unpaired) electrons. The maximum absolute atomic E-state index is 13.0. The van der Waals surface area contributed by atoms with Crippen molar-refractivity contribution in [2.24, 2.45) is 0 Å². The molecular formula is C24H18ClF3N4O2. The second-order valence-corrected chi connectivity index (χ2v) is 8.68. The van der Waals surface area contributed by atoms with Gasteiger partial charge in [-0.15, -0.1) is 0 Å². The summed E-state index contributed by atoms with van der Waals surface area (Å²) in [6, 6.07) is 11.4. The van der Waals surface area contributed by atoms with Gasteiger partial charge in [0, 0.05) is 27.4 Å². The summed E-state index contributed by atoms with van der Waals surface area (Å²) in [6.07, 6.45) is -1.06. The average molecular weight is 487 g/mol. The molecular weight excluding hydrogens is 469 g/mol. The van der Waals surface area contributed by atoms with Crippen LogP contribution < -0.4 is 10.5 Å². The zero-order valence-corrected chi connectivity index (χ0v) is 18.3. The number of nitrogens with one attached hydrogen (secondary N) is 1. The zero-order valence-electron chi connectivity index (χ0n) is 17.5. The molecule has 4 aromatic rings. The van der Waals surface area contributed by atoms with Gasteiger partial charge in [0.2, 0.25) is 11.3 Å². The zero-order chi connectivity index (χ0) is 24.3. The van der Waals surface area contributed by atoms with Crippen LogP contribution in [0, 0.1) is 5.21 Å². The average Bonchev–Trinajstić information content (AvgIpc) is 3.41. The minimum absolute atomic E-state index is 0.140. The van der Waals surface area contributed by atoms with Crippen LogP contribution in [0.4, 0.5) is 18.9 Å². The summed E-state index contributed by atoms with van der Waals surface area (Å²) in [5.41, 5.74) is 6.93. The molecule has 10 heteroatoms. The van der Waals surface area contributed by atoms with Crippen molar-refractivity contribution in [1.29, 1.82) is 0 Å². The minimum Gasteiger partial charge on any atom is -0.618 e. The first-order valence-electron chi connectivity index (χ1n) is 10.3. The molecule has 1 unspecified atom stereocenters. The van der Waals surface area contributed by atoms with Crippen molar-refractivity contribution in [2.45, 2.75) is 24.6 Å². The summed E-state index contributed by atoms with van der Waals surface area (Å²) in [4.78, 5) is 7.22. The van der Waals surface area contributed by atoms with E-state index >= 15 is 0 Å². The number of H-pyrrole nitrogens is 1. The lowest BCUT2D eigenvalue weighted by Gasteiger charge is -2.20. The number of anilines is 1. The normalized spacial score (nSPS) is 17.7. The number of aliphatic hydroxyl groups is 1. The van der Waals surface area contributed by atoms with Crippen molar-refractivity contribution in [1.82, 2.24) is 9.97 Å². The Hall–Kier alpha value is -3.56. The summed E-state index contributed by atoms with van der Waals surface area (Å²) >= 11 is 6.08. The Bertz CT molecular complexity index is 1400. The first-order chi connectivity index (χ1) is 16.1. The quantitative estimate of drug-likeness (QED) is 0.219. The third-order valence-electron chi connectivity index (χ3n) is 6.08. The van der Waals surface area contributed by atoms with E-state index < -0.39 is 17.3 Å². The van der Waals surface area contributed by atoms with Crippen molar-refractivity contribution in [3.8, 4) is 22.4 Å². The molecule has 5 rings (SSSR count). The van der Waals surface area contributed by atoms with Crippen LogP contribution in [0.5, 0.6) is 0 Å². The molecule has 1 atom stereocenters. The van der Waals surface area contributed by atoms with E-state index in [1.54, 1.807) is 24.3 Å². The molecule has 0 fully saturated rings. The molecule has 0 saturated heterocycles. The molecule has 0 aliphatic heterocycles. The van der Waals surface area contributed by atoms with Crippen LogP contribution in [0.15, 0.2) is 60.9 Å². The number of imidazole rings is 1. The topological polar surface area (TPSA) is 102 Å². The van der Waals surface area contributed by atoms with Gasteiger partial charge in [-0.05, 0) is 54.8 Å². The van der Waals surface area contributed by atoms with Crippen LogP contribution in [0.3, 0.4) is 0 Å². The van der Waals surface area contributed by atoms with E-state index in [0.717, 1.165) is 12.1 Å². The van der Waals surface area contributed by atoms with Crippen LogP contribution in [-0.2, 0) is 18.2 Å². The molecule has 6 nitrogen and oxygen atoms in total. The Morgan fingerprint density at radius 2 is 1.85 bits per heavy atom. The summed E-state index contributed by atoms with van der Waals surface area (Å²) in [5, 5.41) is 25.0. The van der Waals surface area contributed by atoms with Crippen LogP contribution in [0.25, 0.3) is 22.4 Å². The number of nitrogens with two attached hydrogens (primary N) is 1. The number of benzene rings is 2. The Kier molecular flexibility index (Phi) is 5.07. The second kappa shape index (κ2) is 7.75. The van der Waals surface area contributed by atoms with Gasteiger partial charge >= 0.3 is 6.18 Å². The van der Waals surface area contributed by atoms with Gasteiger partial charge in [0.1, 0.15) is 5.82 Å². The number of nitrogen functional groups attached to an aromatic ring is 1. The first kappa shape index (κ1) is 22.2.